The lowest BCUT2D eigenvalue weighted by molar-refractivity contribution is 0.185. The van der Waals surface area contributed by atoms with Crippen molar-refractivity contribution < 1.29 is 4.84 Å². The number of benzene rings is 2. The molecule has 0 fully saturated rings. The van der Waals surface area contributed by atoms with Gasteiger partial charge in [0.1, 0.15) is 0 Å². The predicted octanol–water partition coefficient (Wildman–Crippen LogP) is 5.00. The zero-order valence-electron chi connectivity index (χ0n) is 15.6. The first-order valence-electron chi connectivity index (χ1n) is 8.82. The second kappa shape index (κ2) is 10.6. The van der Waals surface area contributed by atoms with Crippen LogP contribution in [0.1, 0.15) is 18.9 Å². The molecule has 26 heavy (non-hydrogen) atoms. The van der Waals surface area contributed by atoms with Gasteiger partial charge < -0.3 is 10.2 Å². The van der Waals surface area contributed by atoms with Crippen molar-refractivity contribution in [1.82, 2.24) is 5.32 Å². The van der Waals surface area contributed by atoms with E-state index in [-0.39, 0.29) is 0 Å². The predicted molar refractivity (Wildman–Crippen MR) is 113 cm³/mol. The van der Waals surface area contributed by atoms with Gasteiger partial charge in [0.25, 0.3) is 0 Å². The van der Waals surface area contributed by atoms with E-state index in [1.165, 1.54) is 5.69 Å². The zero-order chi connectivity index (χ0) is 18.9. The Hall–Kier alpha value is -1.46. The molecule has 0 amide bonds. The zero-order valence-corrected chi connectivity index (χ0v) is 17.1. The van der Waals surface area contributed by atoms with Crippen LogP contribution in [0.25, 0.3) is 0 Å². The Kier molecular flexibility index (Phi) is 8.52. The molecule has 0 saturated heterocycles. The quantitative estimate of drug-likeness (QED) is 0.452. The van der Waals surface area contributed by atoms with Gasteiger partial charge in [-0.2, -0.15) is 0 Å². The fourth-order valence-electron chi connectivity index (χ4n) is 2.72. The summed E-state index contributed by atoms with van der Waals surface area (Å²) in [5, 5.41) is 6.57. The fraction of sp³-hybridized carbons (Fsp3) is 0.400. The minimum atomic E-state index is 0.662. The Morgan fingerprint density at radius 1 is 1.00 bits per heavy atom. The first-order valence-corrected chi connectivity index (χ1v) is 9.58. The highest BCUT2D eigenvalue weighted by atomic mass is 35.5. The average molecular weight is 396 g/mol. The van der Waals surface area contributed by atoms with Crippen LogP contribution >= 0.6 is 23.2 Å². The van der Waals surface area contributed by atoms with E-state index in [2.05, 4.69) is 41.4 Å². The number of nitrogens with one attached hydrogen (secondary N) is 1. The molecule has 2 rings (SSSR count). The maximum atomic E-state index is 6.22. The van der Waals surface area contributed by atoms with Gasteiger partial charge in [0.05, 0.1) is 12.8 Å². The van der Waals surface area contributed by atoms with Crippen molar-refractivity contribution in [2.24, 2.45) is 0 Å². The minimum absolute atomic E-state index is 0.662. The molecule has 0 bridgehead atoms. The maximum Gasteiger partial charge on any atom is 0.0638 e. The third kappa shape index (κ3) is 6.06. The highest BCUT2D eigenvalue weighted by Gasteiger charge is 2.07. The lowest BCUT2D eigenvalue weighted by Gasteiger charge is -2.25. The van der Waals surface area contributed by atoms with Gasteiger partial charge in [0.15, 0.2) is 0 Å². The molecule has 2 aromatic carbocycles. The van der Waals surface area contributed by atoms with Crippen molar-refractivity contribution in [3.8, 4) is 0 Å². The maximum absolute atomic E-state index is 6.22. The SMILES string of the molecule is CCCN(CCNCc1ccc(Cl)cc1Cl)c1ccc(N(C)OC)cc1. The first-order chi connectivity index (χ1) is 12.5. The number of halogens is 2. The van der Waals surface area contributed by atoms with Crippen LogP contribution in [0.2, 0.25) is 10.0 Å². The third-order valence-electron chi connectivity index (χ3n) is 4.23. The van der Waals surface area contributed by atoms with E-state index < -0.39 is 0 Å². The van der Waals surface area contributed by atoms with Crippen LogP contribution in [-0.2, 0) is 11.4 Å². The van der Waals surface area contributed by atoms with E-state index >= 15 is 0 Å². The van der Waals surface area contributed by atoms with Crippen molar-refractivity contribution in [2.75, 3.05) is 43.8 Å². The average Bonchev–Trinajstić information content (AvgIpc) is 2.65. The van der Waals surface area contributed by atoms with Gasteiger partial charge >= 0.3 is 0 Å². The molecular formula is C20H27Cl2N3O. The molecule has 0 radical (unpaired) electrons. The molecule has 0 unspecified atom stereocenters. The van der Waals surface area contributed by atoms with Gasteiger partial charge in [-0.15, -0.1) is 0 Å². The molecule has 2 aromatic rings. The number of hydrogen-bond donors (Lipinski definition) is 1. The van der Waals surface area contributed by atoms with E-state index in [1.807, 2.05) is 19.2 Å². The van der Waals surface area contributed by atoms with E-state index in [0.29, 0.717) is 10.0 Å². The van der Waals surface area contributed by atoms with Crippen LogP contribution in [0.4, 0.5) is 11.4 Å². The highest BCUT2D eigenvalue weighted by molar-refractivity contribution is 6.35. The van der Waals surface area contributed by atoms with Crippen molar-refractivity contribution in [3.63, 3.8) is 0 Å². The molecular weight excluding hydrogens is 369 g/mol. The van der Waals surface area contributed by atoms with E-state index in [1.54, 1.807) is 18.2 Å². The molecule has 0 spiro atoms. The molecule has 6 heteroatoms. The summed E-state index contributed by atoms with van der Waals surface area (Å²) in [5.41, 5.74) is 3.31. The molecule has 0 aromatic heterocycles. The van der Waals surface area contributed by atoms with Crippen molar-refractivity contribution in [2.45, 2.75) is 19.9 Å². The van der Waals surface area contributed by atoms with E-state index in [9.17, 15) is 0 Å². The molecule has 0 atom stereocenters. The number of anilines is 2. The van der Waals surface area contributed by atoms with Gasteiger partial charge in [-0.1, -0.05) is 36.2 Å². The van der Waals surface area contributed by atoms with Crippen molar-refractivity contribution >= 4 is 34.6 Å². The second-order valence-corrected chi connectivity index (χ2v) is 6.94. The molecule has 0 aliphatic carbocycles. The minimum Gasteiger partial charge on any atom is -0.370 e. The largest absolute Gasteiger partial charge is 0.370 e. The van der Waals surface area contributed by atoms with Gasteiger partial charge in [0, 0.05) is 49.0 Å². The summed E-state index contributed by atoms with van der Waals surface area (Å²) in [7, 11) is 3.56. The molecule has 1 N–H and O–H groups in total. The Bertz CT molecular complexity index is 679. The normalized spacial score (nSPS) is 10.8. The van der Waals surface area contributed by atoms with Crippen LogP contribution in [0.5, 0.6) is 0 Å². The Morgan fingerprint density at radius 2 is 1.69 bits per heavy atom. The Labute approximate surface area is 166 Å². The smallest absolute Gasteiger partial charge is 0.0638 e. The van der Waals surface area contributed by atoms with Crippen LogP contribution in [0.15, 0.2) is 42.5 Å². The Balaban J connectivity index is 1.89. The van der Waals surface area contributed by atoms with Crippen LogP contribution < -0.4 is 15.3 Å². The van der Waals surface area contributed by atoms with Crippen molar-refractivity contribution in [1.29, 1.82) is 0 Å². The van der Waals surface area contributed by atoms with E-state index in [4.69, 9.17) is 28.0 Å². The van der Waals surface area contributed by atoms with Gasteiger partial charge in [-0.05, 0) is 48.4 Å². The van der Waals surface area contributed by atoms with Gasteiger partial charge in [-0.25, -0.2) is 0 Å². The standard InChI is InChI=1S/C20H27Cl2N3O/c1-4-12-25(19-9-7-18(8-10-19)24(2)26-3)13-11-23-15-16-5-6-17(21)14-20(16)22/h5-10,14,23H,4,11-13,15H2,1-3H3. The molecule has 0 saturated carbocycles. The monoisotopic (exact) mass is 395 g/mol. The molecule has 142 valence electrons. The number of hydrogen-bond acceptors (Lipinski definition) is 4. The second-order valence-electron chi connectivity index (χ2n) is 6.10. The van der Waals surface area contributed by atoms with E-state index in [0.717, 1.165) is 43.9 Å². The first kappa shape index (κ1) is 20.8. The summed E-state index contributed by atoms with van der Waals surface area (Å²) in [6, 6.07) is 14.0. The lowest BCUT2D eigenvalue weighted by atomic mass is 10.2. The third-order valence-corrected chi connectivity index (χ3v) is 4.82. The highest BCUT2D eigenvalue weighted by Crippen LogP contribution is 2.21. The summed E-state index contributed by atoms with van der Waals surface area (Å²) in [4.78, 5) is 7.60. The lowest BCUT2D eigenvalue weighted by Crippen LogP contribution is -2.32. The summed E-state index contributed by atoms with van der Waals surface area (Å²) in [6.45, 7) is 5.74. The summed E-state index contributed by atoms with van der Waals surface area (Å²) in [6.07, 6.45) is 1.10. The number of rotatable bonds is 10. The van der Waals surface area contributed by atoms with Crippen molar-refractivity contribution in [3.05, 3.63) is 58.1 Å². The topological polar surface area (TPSA) is 27.7 Å². The molecule has 0 aliphatic rings. The molecule has 0 aliphatic heterocycles. The van der Waals surface area contributed by atoms with Crippen LogP contribution in [0, 0.1) is 0 Å². The molecule has 4 nitrogen and oxygen atoms in total. The van der Waals surface area contributed by atoms with Gasteiger partial charge in [0.2, 0.25) is 0 Å². The summed E-state index contributed by atoms with van der Waals surface area (Å²) in [5.74, 6) is 0. The Morgan fingerprint density at radius 3 is 2.31 bits per heavy atom. The molecule has 0 heterocycles. The fourth-order valence-corrected chi connectivity index (χ4v) is 3.20. The number of hydroxylamine groups is 1. The van der Waals surface area contributed by atoms with Crippen LogP contribution in [-0.4, -0.2) is 33.8 Å². The number of nitrogens with zero attached hydrogens (tertiary/aromatic N) is 2. The van der Waals surface area contributed by atoms with Crippen LogP contribution in [0.3, 0.4) is 0 Å². The summed E-state index contributed by atoms with van der Waals surface area (Å²) >= 11 is 12.2. The summed E-state index contributed by atoms with van der Waals surface area (Å²) < 4.78 is 0. The van der Waals surface area contributed by atoms with Gasteiger partial charge in [-0.3, -0.25) is 9.90 Å².